The fourth-order valence-corrected chi connectivity index (χ4v) is 4.01. The number of rotatable bonds is 4. The van der Waals surface area contributed by atoms with Crippen LogP contribution in [0.1, 0.15) is 78.0 Å². The Morgan fingerprint density at radius 3 is 2.69 bits per heavy atom. The molecule has 0 radical (unpaired) electrons. The van der Waals surface area contributed by atoms with Crippen LogP contribution < -0.4 is 4.74 Å². The highest BCUT2D eigenvalue weighted by atomic mass is 16.5. The van der Waals surface area contributed by atoms with Crippen molar-refractivity contribution in [2.45, 2.75) is 84.5 Å². The lowest BCUT2D eigenvalue weighted by atomic mass is 9.83. The second kappa shape index (κ2) is 7.22. The van der Waals surface area contributed by atoms with Crippen LogP contribution in [0.15, 0.2) is 6.20 Å². The first-order chi connectivity index (χ1) is 12.2. The normalized spacial score (nSPS) is 22.2. The third kappa shape index (κ3) is 4.22. The van der Waals surface area contributed by atoms with Gasteiger partial charge in [-0.25, -0.2) is 0 Å². The Morgan fingerprint density at radius 2 is 2.08 bits per heavy atom. The molecule has 0 bridgehead atoms. The SMILES string of the molecule is CCn1cc2c(n1)C(O)CC1(CCN(C(=O)CCCC(C)(C)C)CC1)O2. The largest absolute Gasteiger partial charge is 0.483 e. The van der Waals surface area contributed by atoms with E-state index in [4.69, 9.17) is 4.74 Å². The minimum Gasteiger partial charge on any atom is -0.483 e. The van der Waals surface area contributed by atoms with E-state index in [0.717, 1.165) is 32.2 Å². The van der Waals surface area contributed by atoms with Crippen LogP contribution in [0.25, 0.3) is 0 Å². The third-order valence-electron chi connectivity index (χ3n) is 5.63. The van der Waals surface area contributed by atoms with Crippen molar-refractivity contribution in [3.63, 3.8) is 0 Å². The molecular weight excluding hydrogens is 330 g/mol. The lowest BCUT2D eigenvalue weighted by molar-refractivity contribution is -0.136. The number of aliphatic hydroxyl groups is 1. The molecule has 1 amide bonds. The molecule has 3 rings (SSSR count). The van der Waals surface area contributed by atoms with Gasteiger partial charge in [0.05, 0.1) is 6.20 Å². The van der Waals surface area contributed by atoms with Gasteiger partial charge in [-0.05, 0) is 25.2 Å². The van der Waals surface area contributed by atoms with Crippen molar-refractivity contribution in [2.24, 2.45) is 5.41 Å². The molecule has 1 unspecified atom stereocenters. The first-order valence-electron chi connectivity index (χ1n) is 9.94. The van der Waals surface area contributed by atoms with Crippen LogP contribution in [0.3, 0.4) is 0 Å². The van der Waals surface area contributed by atoms with Crippen LogP contribution in [0.5, 0.6) is 5.75 Å². The summed E-state index contributed by atoms with van der Waals surface area (Å²) in [5, 5.41) is 14.9. The molecule has 0 aliphatic carbocycles. The average Bonchev–Trinajstić information content (AvgIpc) is 2.97. The number of hydrogen-bond acceptors (Lipinski definition) is 4. The number of aliphatic hydroxyl groups excluding tert-OH is 1. The number of likely N-dealkylation sites (tertiary alicyclic amines) is 1. The summed E-state index contributed by atoms with van der Waals surface area (Å²) in [6, 6.07) is 0. The Hall–Kier alpha value is -1.56. The molecule has 1 saturated heterocycles. The van der Waals surface area contributed by atoms with Gasteiger partial charge in [0.2, 0.25) is 5.91 Å². The summed E-state index contributed by atoms with van der Waals surface area (Å²) in [6.07, 6.45) is 6.03. The number of ether oxygens (including phenoxy) is 1. The molecule has 6 nitrogen and oxygen atoms in total. The van der Waals surface area contributed by atoms with Gasteiger partial charge in [-0.15, -0.1) is 0 Å². The van der Waals surface area contributed by atoms with Crippen molar-refractivity contribution >= 4 is 5.91 Å². The van der Waals surface area contributed by atoms with Crippen LogP contribution in [0.4, 0.5) is 0 Å². The van der Waals surface area contributed by atoms with Gasteiger partial charge >= 0.3 is 0 Å². The van der Waals surface area contributed by atoms with E-state index >= 15 is 0 Å². The van der Waals surface area contributed by atoms with Crippen LogP contribution in [-0.4, -0.2) is 44.4 Å². The van der Waals surface area contributed by atoms with Gasteiger partial charge in [0, 0.05) is 45.3 Å². The predicted octanol–water partition coefficient (Wildman–Crippen LogP) is 3.30. The summed E-state index contributed by atoms with van der Waals surface area (Å²) < 4.78 is 8.09. The van der Waals surface area contributed by atoms with E-state index in [-0.39, 0.29) is 16.9 Å². The van der Waals surface area contributed by atoms with E-state index in [1.54, 1.807) is 4.68 Å². The minimum atomic E-state index is -0.583. The molecular formula is C20H33N3O3. The number of nitrogens with zero attached hydrogens (tertiary/aromatic N) is 3. The minimum absolute atomic E-state index is 0.250. The van der Waals surface area contributed by atoms with Crippen molar-refractivity contribution < 1.29 is 14.6 Å². The summed E-state index contributed by atoms with van der Waals surface area (Å²) in [7, 11) is 0. The second-order valence-electron chi connectivity index (χ2n) is 9.03. The van der Waals surface area contributed by atoms with Crippen LogP contribution >= 0.6 is 0 Å². The third-order valence-corrected chi connectivity index (χ3v) is 5.63. The summed E-state index contributed by atoms with van der Waals surface area (Å²) in [6.45, 7) is 10.8. The number of aromatic nitrogens is 2. The average molecular weight is 364 g/mol. The van der Waals surface area contributed by atoms with Gasteiger partial charge in [0.1, 0.15) is 17.4 Å². The topological polar surface area (TPSA) is 67.6 Å². The standard InChI is InChI=1S/C20H33N3O3/c1-5-23-14-16-18(21-23)15(24)13-20(26-16)9-11-22(12-10-20)17(25)7-6-8-19(2,3)4/h14-15,24H,5-13H2,1-4H3. The zero-order valence-corrected chi connectivity index (χ0v) is 16.6. The first kappa shape index (κ1) is 19.2. The highest BCUT2D eigenvalue weighted by molar-refractivity contribution is 5.76. The Kier molecular flexibility index (Phi) is 5.33. The number of aryl methyl sites for hydroxylation is 1. The van der Waals surface area contributed by atoms with E-state index in [1.807, 2.05) is 18.0 Å². The fraction of sp³-hybridized carbons (Fsp3) is 0.800. The monoisotopic (exact) mass is 363 g/mol. The molecule has 0 aromatic carbocycles. The van der Waals surface area contributed by atoms with E-state index < -0.39 is 6.10 Å². The van der Waals surface area contributed by atoms with E-state index in [9.17, 15) is 9.90 Å². The number of piperidine rings is 1. The maximum Gasteiger partial charge on any atom is 0.222 e. The Labute approximate surface area is 156 Å². The molecule has 1 N–H and O–H groups in total. The summed E-state index contributed by atoms with van der Waals surface area (Å²) in [5.74, 6) is 0.954. The number of carbonyl (C=O) groups excluding carboxylic acids is 1. The fourth-order valence-electron chi connectivity index (χ4n) is 4.01. The molecule has 1 spiro atoms. The molecule has 1 fully saturated rings. The predicted molar refractivity (Wildman–Crippen MR) is 100.0 cm³/mol. The van der Waals surface area contributed by atoms with Crippen LogP contribution in [-0.2, 0) is 11.3 Å². The smallest absolute Gasteiger partial charge is 0.222 e. The van der Waals surface area contributed by atoms with E-state index in [1.165, 1.54) is 0 Å². The van der Waals surface area contributed by atoms with Crippen LogP contribution in [0.2, 0.25) is 0 Å². The first-order valence-corrected chi connectivity index (χ1v) is 9.94. The van der Waals surface area contributed by atoms with Gasteiger partial charge in [0.25, 0.3) is 0 Å². The van der Waals surface area contributed by atoms with Gasteiger partial charge in [-0.1, -0.05) is 20.8 Å². The number of carbonyl (C=O) groups is 1. The number of hydrogen-bond donors (Lipinski definition) is 1. The molecule has 1 aromatic heterocycles. The van der Waals surface area contributed by atoms with Crippen molar-refractivity contribution in [2.75, 3.05) is 13.1 Å². The maximum atomic E-state index is 12.5. The van der Waals surface area contributed by atoms with E-state index in [2.05, 4.69) is 25.9 Å². The van der Waals surface area contributed by atoms with Gasteiger partial charge in [-0.2, -0.15) is 5.10 Å². The summed E-state index contributed by atoms with van der Waals surface area (Å²) in [5.41, 5.74) is 0.563. The highest BCUT2D eigenvalue weighted by Gasteiger charge is 2.44. The van der Waals surface area contributed by atoms with Gasteiger partial charge in [-0.3, -0.25) is 9.48 Å². The lowest BCUT2D eigenvalue weighted by Crippen LogP contribution is -2.51. The molecule has 6 heteroatoms. The van der Waals surface area contributed by atoms with Crippen molar-refractivity contribution in [1.29, 1.82) is 0 Å². The molecule has 1 atom stereocenters. The molecule has 0 saturated carbocycles. The van der Waals surface area contributed by atoms with Crippen molar-refractivity contribution in [1.82, 2.24) is 14.7 Å². The second-order valence-corrected chi connectivity index (χ2v) is 9.03. The lowest BCUT2D eigenvalue weighted by Gasteiger charge is -2.44. The van der Waals surface area contributed by atoms with Crippen molar-refractivity contribution in [3.05, 3.63) is 11.9 Å². The molecule has 2 aliphatic heterocycles. The van der Waals surface area contributed by atoms with Crippen molar-refractivity contribution in [3.8, 4) is 5.75 Å². The van der Waals surface area contributed by atoms with Crippen LogP contribution in [0, 0.1) is 5.41 Å². The Bertz CT molecular complexity index is 639. The molecule has 3 heterocycles. The zero-order valence-electron chi connectivity index (χ0n) is 16.6. The molecule has 2 aliphatic rings. The zero-order chi connectivity index (χ0) is 18.9. The number of fused-ring (bicyclic) bond motifs is 1. The Morgan fingerprint density at radius 1 is 1.38 bits per heavy atom. The number of amides is 1. The summed E-state index contributed by atoms with van der Waals surface area (Å²) >= 11 is 0. The van der Waals surface area contributed by atoms with Gasteiger partial charge in [0.15, 0.2) is 5.75 Å². The van der Waals surface area contributed by atoms with E-state index in [0.29, 0.717) is 37.4 Å². The summed E-state index contributed by atoms with van der Waals surface area (Å²) in [4.78, 5) is 14.4. The Balaban J connectivity index is 1.55. The van der Waals surface area contributed by atoms with Gasteiger partial charge < -0.3 is 14.7 Å². The molecule has 26 heavy (non-hydrogen) atoms. The quantitative estimate of drug-likeness (QED) is 0.891. The molecule has 146 valence electrons. The maximum absolute atomic E-state index is 12.5. The molecule has 1 aromatic rings. The highest BCUT2D eigenvalue weighted by Crippen LogP contribution is 2.43.